The van der Waals surface area contributed by atoms with E-state index in [4.69, 9.17) is 0 Å². The normalized spacial score (nSPS) is 21.6. The molecule has 0 radical (unpaired) electrons. The molecule has 0 aliphatic carbocycles. The summed E-state index contributed by atoms with van der Waals surface area (Å²) in [4.78, 5) is 13.3. The van der Waals surface area contributed by atoms with Crippen LogP contribution in [0.5, 0.6) is 0 Å². The molecule has 132 valence electrons. The minimum atomic E-state index is -0.577. The number of hydrogen-bond acceptors (Lipinski definition) is 3. The van der Waals surface area contributed by atoms with Gasteiger partial charge in [-0.2, -0.15) is 0 Å². The first kappa shape index (κ1) is 17.5. The third-order valence-electron chi connectivity index (χ3n) is 4.93. The molecule has 0 aromatic heterocycles. The van der Waals surface area contributed by atoms with Crippen molar-refractivity contribution < 1.29 is 19.8 Å². The summed E-state index contributed by atoms with van der Waals surface area (Å²) in [5, 5.41) is 21.1. The predicted molar refractivity (Wildman–Crippen MR) is 94.5 cm³/mol. The third kappa shape index (κ3) is 4.85. The van der Waals surface area contributed by atoms with Gasteiger partial charge in [-0.25, -0.2) is 0 Å². The first-order chi connectivity index (χ1) is 12.1. The van der Waals surface area contributed by atoms with E-state index in [0.29, 0.717) is 6.54 Å². The maximum absolute atomic E-state index is 10.7. The number of piperazine rings is 1. The Balaban J connectivity index is 1.47. The summed E-state index contributed by atoms with van der Waals surface area (Å²) >= 11 is 0. The van der Waals surface area contributed by atoms with Crippen LogP contribution in [-0.2, 0) is 6.54 Å². The number of aliphatic hydroxyl groups is 1. The second-order valence-corrected chi connectivity index (χ2v) is 6.73. The standard InChI is InChI=1S/C19H23N3O3/c23-19(17-6-8-18(9-7-17)22(24)25)15-21-12-10-20(11-13-21)14-16-4-2-1-3-5-16/h1-9,19,23H,10-15H2/p+2. The predicted octanol–water partition coefficient (Wildman–Crippen LogP) is -0.388. The monoisotopic (exact) mass is 343 g/mol. The largest absolute Gasteiger partial charge is 0.382 e. The van der Waals surface area contributed by atoms with Gasteiger partial charge in [0.05, 0.1) is 4.92 Å². The molecule has 6 nitrogen and oxygen atoms in total. The molecule has 0 amide bonds. The van der Waals surface area contributed by atoms with E-state index in [1.807, 2.05) is 6.07 Å². The molecule has 2 aromatic rings. The summed E-state index contributed by atoms with van der Waals surface area (Å²) in [7, 11) is 0. The van der Waals surface area contributed by atoms with E-state index in [2.05, 4.69) is 24.3 Å². The van der Waals surface area contributed by atoms with Crippen molar-refractivity contribution in [2.24, 2.45) is 0 Å². The van der Waals surface area contributed by atoms with Gasteiger partial charge >= 0.3 is 0 Å². The molecule has 1 aliphatic rings. The zero-order chi connectivity index (χ0) is 17.6. The van der Waals surface area contributed by atoms with Crippen molar-refractivity contribution in [1.82, 2.24) is 0 Å². The van der Waals surface area contributed by atoms with E-state index < -0.39 is 11.0 Å². The smallest absolute Gasteiger partial charge is 0.269 e. The average Bonchev–Trinajstić information content (AvgIpc) is 2.64. The van der Waals surface area contributed by atoms with E-state index >= 15 is 0 Å². The van der Waals surface area contributed by atoms with E-state index in [-0.39, 0.29) is 5.69 Å². The Hall–Kier alpha value is -2.28. The minimum Gasteiger partial charge on any atom is -0.382 e. The molecule has 6 heteroatoms. The molecule has 2 aromatic carbocycles. The van der Waals surface area contributed by atoms with Crippen LogP contribution in [0.4, 0.5) is 5.69 Å². The number of nitrogens with zero attached hydrogens (tertiary/aromatic N) is 1. The van der Waals surface area contributed by atoms with Crippen LogP contribution in [0.2, 0.25) is 0 Å². The Labute approximate surface area is 147 Å². The van der Waals surface area contributed by atoms with Gasteiger partial charge in [-0.3, -0.25) is 10.1 Å². The number of aliphatic hydroxyl groups excluding tert-OH is 1. The number of rotatable bonds is 6. The number of nitro benzene ring substituents is 1. The molecule has 3 N–H and O–H groups in total. The van der Waals surface area contributed by atoms with Gasteiger partial charge in [0.15, 0.2) is 0 Å². The first-order valence-electron chi connectivity index (χ1n) is 8.75. The van der Waals surface area contributed by atoms with Crippen LogP contribution in [0.1, 0.15) is 17.2 Å². The maximum atomic E-state index is 10.7. The molecule has 0 saturated carbocycles. The van der Waals surface area contributed by atoms with Crippen molar-refractivity contribution in [2.45, 2.75) is 12.6 Å². The zero-order valence-electron chi connectivity index (χ0n) is 14.2. The topological polar surface area (TPSA) is 72.2 Å². The van der Waals surface area contributed by atoms with Crippen LogP contribution in [0.15, 0.2) is 54.6 Å². The minimum absolute atomic E-state index is 0.0569. The summed E-state index contributed by atoms with van der Waals surface area (Å²) in [6.07, 6.45) is -0.577. The van der Waals surface area contributed by atoms with E-state index in [1.54, 1.807) is 17.0 Å². The zero-order valence-corrected chi connectivity index (χ0v) is 14.2. The number of benzene rings is 2. The van der Waals surface area contributed by atoms with Gasteiger partial charge in [0.25, 0.3) is 5.69 Å². The molecule has 1 aliphatic heterocycles. The molecule has 25 heavy (non-hydrogen) atoms. The lowest BCUT2D eigenvalue weighted by atomic mass is 10.1. The highest BCUT2D eigenvalue weighted by Crippen LogP contribution is 2.16. The van der Waals surface area contributed by atoms with Gasteiger partial charge in [0.1, 0.15) is 45.4 Å². The van der Waals surface area contributed by atoms with Gasteiger partial charge in [0, 0.05) is 17.7 Å². The van der Waals surface area contributed by atoms with E-state index in [1.165, 1.54) is 22.6 Å². The summed E-state index contributed by atoms with van der Waals surface area (Å²) in [5.41, 5.74) is 2.17. The first-order valence-corrected chi connectivity index (χ1v) is 8.75. The van der Waals surface area contributed by atoms with Crippen molar-refractivity contribution >= 4 is 5.69 Å². The van der Waals surface area contributed by atoms with Crippen molar-refractivity contribution in [1.29, 1.82) is 0 Å². The SMILES string of the molecule is O=[N+]([O-])c1ccc(C(O)C[NH+]2CC[NH+](Cc3ccccc3)CC2)cc1. The van der Waals surface area contributed by atoms with Gasteiger partial charge in [0.2, 0.25) is 0 Å². The Kier molecular flexibility index (Phi) is 5.75. The number of nitro groups is 1. The fraction of sp³-hybridized carbons (Fsp3) is 0.368. The Morgan fingerprint density at radius 2 is 1.56 bits per heavy atom. The van der Waals surface area contributed by atoms with E-state index in [0.717, 1.165) is 38.3 Å². The van der Waals surface area contributed by atoms with Gasteiger partial charge in [-0.1, -0.05) is 30.3 Å². The molecular formula is C19H25N3O3+2. The third-order valence-corrected chi connectivity index (χ3v) is 4.93. The van der Waals surface area contributed by atoms with Crippen LogP contribution in [0.3, 0.4) is 0 Å². The molecule has 1 fully saturated rings. The summed E-state index contributed by atoms with van der Waals surface area (Å²) in [5.74, 6) is 0. The molecule has 1 atom stereocenters. The van der Waals surface area contributed by atoms with Crippen molar-refractivity contribution in [3.8, 4) is 0 Å². The molecular weight excluding hydrogens is 318 g/mol. The lowest BCUT2D eigenvalue weighted by molar-refractivity contribution is -1.02. The second kappa shape index (κ2) is 8.20. The van der Waals surface area contributed by atoms with Crippen molar-refractivity contribution in [3.63, 3.8) is 0 Å². The van der Waals surface area contributed by atoms with Crippen LogP contribution in [-0.4, -0.2) is 42.8 Å². The number of hydrogen-bond donors (Lipinski definition) is 3. The summed E-state index contributed by atoms with van der Waals surface area (Å²) in [6.45, 7) is 5.96. The van der Waals surface area contributed by atoms with Crippen molar-refractivity contribution in [3.05, 3.63) is 75.8 Å². The Morgan fingerprint density at radius 1 is 0.960 bits per heavy atom. The number of nitrogens with one attached hydrogen (secondary N) is 2. The molecule has 0 bridgehead atoms. The highest BCUT2D eigenvalue weighted by Gasteiger charge is 2.25. The fourth-order valence-corrected chi connectivity index (χ4v) is 3.43. The molecule has 0 spiro atoms. The molecule has 1 unspecified atom stereocenters. The lowest BCUT2D eigenvalue weighted by Crippen LogP contribution is -3.27. The molecule has 3 rings (SSSR count). The summed E-state index contributed by atoms with van der Waals surface area (Å²) in [6, 6.07) is 16.8. The number of quaternary nitrogens is 2. The Morgan fingerprint density at radius 3 is 2.16 bits per heavy atom. The molecule has 1 saturated heterocycles. The van der Waals surface area contributed by atoms with Crippen molar-refractivity contribution in [2.75, 3.05) is 32.7 Å². The van der Waals surface area contributed by atoms with Crippen LogP contribution < -0.4 is 9.80 Å². The van der Waals surface area contributed by atoms with Crippen LogP contribution in [0.25, 0.3) is 0 Å². The highest BCUT2D eigenvalue weighted by molar-refractivity contribution is 5.33. The lowest BCUT2D eigenvalue weighted by Gasteiger charge is -2.30. The Bertz CT molecular complexity index is 683. The maximum Gasteiger partial charge on any atom is 0.269 e. The van der Waals surface area contributed by atoms with E-state index in [9.17, 15) is 15.2 Å². The summed E-state index contributed by atoms with van der Waals surface area (Å²) < 4.78 is 0. The van der Waals surface area contributed by atoms with Gasteiger partial charge in [-0.05, 0) is 17.7 Å². The number of non-ortho nitro benzene ring substituents is 1. The quantitative estimate of drug-likeness (QED) is 0.494. The van der Waals surface area contributed by atoms with Crippen LogP contribution >= 0.6 is 0 Å². The molecule has 1 heterocycles. The second-order valence-electron chi connectivity index (χ2n) is 6.73. The van der Waals surface area contributed by atoms with Gasteiger partial charge in [-0.15, -0.1) is 0 Å². The van der Waals surface area contributed by atoms with Crippen LogP contribution in [0, 0.1) is 10.1 Å². The van der Waals surface area contributed by atoms with Gasteiger partial charge < -0.3 is 14.9 Å². The average molecular weight is 343 g/mol. The fourth-order valence-electron chi connectivity index (χ4n) is 3.43. The highest BCUT2D eigenvalue weighted by atomic mass is 16.6.